The van der Waals surface area contributed by atoms with Crippen molar-refractivity contribution >= 4 is 11.2 Å². The maximum atomic E-state index is 12.9. The van der Waals surface area contributed by atoms with Crippen LogP contribution in [0.5, 0.6) is 5.75 Å². The lowest BCUT2D eigenvalue weighted by molar-refractivity contribution is -0.137. The number of aromatic nitrogens is 4. The fourth-order valence-electron chi connectivity index (χ4n) is 3.53. The summed E-state index contributed by atoms with van der Waals surface area (Å²) in [5, 5.41) is 23.9. The van der Waals surface area contributed by atoms with Gasteiger partial charge in [0.05, 0.1) is 41.7 Å². The van der Waals surface area contributed by atoms with Gasteiger partial charge in [-0.05, 0) is 37.5 Å². The minimum absolute atomic E-state index is 0.185. The molecule has 1 fully saturated rings. The van der Waals surface area contributed by atoms with Gasteiger partial charge in [-0.3, -0.25) is 4.68 Å². The SMILES string of the molecule is Cc1cc(C(F)(F)F)cc(O)c1-c1cnc2cn(CC3(C#N)CCC3)nc2n1. The van der Waals surface area contributed by atoms with Crippen LogP contribution in [0.25, 0.3) is 22.4 Å². The van der Waals surface area contributed by atoms with Gasteiger partial charge in [-0.25, -0.2) is 9.97 Å². The summed E-state index contributed by atoms with van der Waals surface area (Å²) in [6.07, 6.45) is 1.21. The molecule has 4 rings (SSSR count). The third-order valence-corrected chi connectivity index (χ3v) is 5.19. The lowest BCUT2D eigenvalue weighted by atomic mass is 9.70. The number of nitrogens with zero attached hydrogens (tertiary/aromatic N) is 5. The summed E-state index contributed by atoms with van der Waals surface area (Å²) in [7, 11) is 0. The summed E-state index contributed by atoms with van der Waals surface area (Å²) in [5.41, 5.74) is 0.145. The molecular formula is C19H16F3N5O. The fraction of sp³-hybridized carbons (Fsp3) is 0.368. The van der Waals surface area contributed by atoms with Crippen molar-refractivity contribution in [1.29, 1.82) is 5.26 Å². The molecule has 0 saturated heterocycles. The van der Waals surface area contributed by atoms with E-state index in [-0.39, 0.29) is 16.8 Å². The summed E-state index contributed by atoms with van der Waals surface area (Å²) in [4.78, 5) is 8.63. The monoisotopic (exact) mass is 387 g/mol. The van der Waals surface area contributed by atoms with Crippen LogP contribution in [-0.2, 0) is 12.7 Å². The quantitative estimate of drug-likeness (QED) is 0.727. The smallest absolute Gasteiger partial charge is 0.416 e. The van der Waals surface area contributed by atoms with E-state index in [0.29, 0.717) is 23.8 Å². The van der Waals surface area contributed by atoms with E-state index in [1.165, 1.54) is 13.1 Å². The summed E-state index contributed by atoms with van der Waals surface area (Å²) in [6, 6.07) is 4.00. The number of hydrogen-bond donors (Lipinski definition) is 1. The number of aromatic hydroxyl groups is 1. The van der Waals surface area contributed by atoms with E-state index >= 15 is 0 Å². The molecule has 6 nitrogen and oxygen atoms in total. The van der Waals surface area contributed by atoms with E-state index in [1.807, 2.05) is 0 Å². The average Bonchev–Trinajstić information content (AvgIpc) is 2.98. The Labute approximate surface area is 158 Å². The first-order chi connectivity index (χ1) is 13.2. The van der Waals surface area contributed by atoms with Gasteiger partial charge in [0.1, 0.15) is 11.3 Å². The van der Waals surface area contributed by atoms with Crippen molar-refractivity contribution in [2.45, 2.75) is 38.9 Å². The van der Waals surface area contributed by atoms with E-state index in [1.54, 1.807) is 10.9 Å². The number of phenols is 1. The second kappa shape index (κ2) is 6.19. The molecule has 1 aliphatic carbocycles. The second-order valence-electron chi connectivity index (χ2n) is 7.22. The first-order valence-corrected chi connectivity index (χ1v) is 8.73. The van der Waals surface area contributed by atoms with Crippen LogP contribution in [0.3, 0.4) is 0 Å². The molecule has 0 atom stereocenters. The Kier molecular flexibility index (Phi) is 4.03. The first kappa shape index (κ1) is 18.2. The number of rotatable bonds is 3. The van der Waals surface area contributed by atoms with E-state index in [2.05, 4.69) is 21.1 Å². The van der Waals surface area contributed by atoms with Crippen molar-refractivity contribution in [2.75, 3.05) is 0 Å². The molecule has 0 amide bonds. The largest absolute Gasteiger partial charge is 0.507 e. The zero-order valence-corrected chi connectivity index (χ0v) is 15.0. The van der Waals surface area contributed by atoms with Gasteiger partial charge in [-0.2, -0.15) is 23.5 Å². The van der Waals surface area contributed by atoms with Crippen LogP contribution in [0.15, 0.2) is 24.5 Å². The van der Waals surface area contributed by atoms with Gasteiger partial charge in [0.25, 0.3) is 0 Å². The number of fused-ring (bicyclic) bond motifs is 1. The molecule has 1 aromatic carbocycles. The number of nitriles is 1. The average molecular weight is 387 g/mol. The molecule has 0 spiro atoms. The predicted octanol–water partition coefficient (Wildman–Crippen LogP) is 4.22. The summed E-state index contributed by atoms with van der Waals surface area (Å²) < 4.78 is 40.4. The van der Waals surface area contributed by atoms with Crippen molar-refractivity contribution in [1.82, 2.24) is 19.7 Å². The van der Waals surface area contributed by atoms with E-state index < -0.39 is 22.9 Å². The molecule has 1 N–H and O–H groups in total. The minimum Gasteiger partial charge on any atom is -0.507 e. The number of halogens is 3. The predicted molar refractivity (Wildman–Crippen MR) is 94.1 cm³/mol. The van der Waals surface area contributed by atoms with Crippen LogP contribution in [0.2, 0.25) is 0 Å². The number of phenolic OH excluding ortho intramolecular Hbond substituents is 1. The Morgan fingerprint density at radius 2 is 2.07 bits per heavy atom. The highest BCUT2D eigenvalue weighted by Crippen LogP contribution is 2.42. The molecule has 144 valence electrons. The Morgan fingerprint density at radius 1 is 1.32 bits per heavy atom. The molecule has 0 radical (unpaired) electrons. The highest BCUT2D eigenvalue weighted by molar-refractivity contribution is 5.77. The minimum atomic E-state index is -4.55. The molecule has 2 aromatic heterocycles. The molecule has 1 aliphatic rings. The first-order valence-electron chi connectivity index (χ1n) is 8.73. The zero-order chi connectivity index (χ0) is 20.1. The number of hydrogen-bond acceptors (Lipinski definition) is 5. The highest BCUT2D eigenvalue weighted by Gasteiger charge is 2.38. The van der Waals surface area contributed by atoms with Crippen LogP contribution in [0.4, 0.5) is 13.2 Å². The third-order valence-electron chi connectivity index (χ3n) is 5.19. The molecule has 1 saturated carbocycles. The molecule has 28 heavy (non-hydrogen) atoms. The lowest BCUT2D eigenvalue weighted by Gasteiger charge is -2.34. The molecule has 9 heteroatoms. The van der Waals surface area contributed by atoms with Gasteiger partial charge in [0, 0.05) is 5.56 Å². The third kappa shape index (κ3) is 3.05. The maximum absolute atomic E-state index is 12.9. The highest BCUT2D eigenvalue weighted by atomic mass is 19.4. The topological polar surface area (TPSA) is 87.6 Å². The summed E-state index contributed by atoms with van der Waals surface area (Å²) in [5.74, 6) is -0.515. The van der Waals surface area contributed by atoms with Gasteiger partial charge in [0.15, 0.2) is 5.65 Å². The van der Waals surface area contributed by atoms with Gasteiger partial charge < -0.3 is 5.11 Å². The van der Waals surface area contributed by atoms with Gasteiger partial charge >= 0.3 is 6.18 Å². The maximum Gasteiger partial charge on any atom is 0.416 e. The van der Waals surface area contributed by atoms with Crippen LogP contribution in [-0.4, -0.2) is 24.9 Å². The molecule has 2 heterocycles. The van der Waals surface area contributed by atoms with E-state index in [4.69, 9.17) is 0 Å². The van der Waals surface area contributed by atoms with E-state index in [9.17, 15) is 23.5 Å². The van der Waals surface area contributed by atoms with Crippen molar-refractivity contribution in [3.8, 4) is 23.1 Å². The fourth-order valence-corrected chi connectivity index (χ4v) is 3.53. The summed E-state index contributed by atoms with van der Waals surface area (Å²) >= 11 is 0. The van der Waals surface area contributed by atoms with Crippen molar-refractivity contribution in [2.24, 2.45) is 5.41 Å². The Balaban J connectivity index is 1.72. The van der Waals surface area contributed by atoms with Gasteiger partial charge in [0.2, 0.25) is 0 Å². The molecule has 0 aliphatic heterocycles. The van der Waals surface area contributed by atoms with Crippen LogP contribution < -0.4 is 0 Å². The number of alkyl halides is 3. The molecule has 0 unspecified atom stereocenters. The normalized spacial score (nSPS) is 16.0. The van der Waals surface area contributed by atoms with Crippen molar-refractivity contribution in [3.05, 3.63) is 35.7 Å². The zero-order valence-electron chi connectivity index (χ0n) is 15.0. The van der Waals surface area contributed by atoms with Crippen molar-refractivity contribution in [3.63, 3.8) is 0 Å². The van der Waals surface area contributed by atoms with Crippen LogP contribution in [0.1, 0.15) is 30.4 Å². The molecule has 0 bridgehead atoms. The van der Waals surface area contributed by atoms with Crippen molar-refractivity contribution < 1.29 is 18.3 Å². The van der Waals surface area contributed by atoms with E-state index in [0.717, 1.165) is 25.3 Å². The number of benzene rings is 1. The Morgan fingerprint density at radius 3 is 2.64 bits per heavy atom. The van der Waals surface area contributed by atoms with Gasteiger partial charge in [-0.1, -0.05) is 6.42 Å². The molecule has 3 aromatic rings. The second-order valence-corrected chi connectivity index (χ2v) is 7.22. The summed E-state index contributed by atoms with van der Waals surface area (Å²) in [6.45, 7) is 1.92. The molecular weight excluding hydrogens is 371 g/mol. The Bertz CT molecular complexity index is 1090. The van der Waals surface area contributed by atoms with Crippen LogP contribution in [0, 0.1) is 23.7 Å². The number of aryl methyl sites for hydroxylation is 1. The standard InChI is InChI=1S/C19H16F3N5O/c1-11-5-12(19(20,21)22)6-15(28)16(11)13-7-24-14-8-27(26-17(14)25-13)10-18(9-23)3-2-4-18/h5-8,28H,2-4,10H2,1H3. The van der Waals surface area contributed by atoms with Gasteiger partial charge in [-0.15, -0.1) is 0 Å². The lowest BCUT2D eigenvalue weighted by Crippen LogP contribution is -2.32. The van der Waals surface area contributed by atoms with Crippen LogP contribution >= 0.6 is 0 Å². The Hall–Kier alpha value is -3.15.